The monoisotopic (exact) mass is 318 g/mol. The zero-order valence-corrected chi connectivity index (χ0v) is 13.0. The van der Waals surface area contributed by atoms with Crippen molar-refractivity contribution in [3.63, 3.8) is 0 Å². The van der Waals surface area contributed by atoms with E-state index in [0.29, 0.717) is 24.6 Å². The molecule has 8 nitrogen and oxygen atoms in total. The van der Waals surface area contributed by atoms with Gasteiger partial charge in [0.25, 0.3) is 0 Å². The molecule has 0 spiro atoms. The van der Waals surface area contributed by atoms with Crippen LogP contribution in [0, 0.1) is 0 Å². The molecular formula is C15H22N6O2. The van der Waals surface area contributed by atoms with Gasteiger partial charge in [-0.1, -0.05) is 0 Å². The molecule has 1 saturated heterocycles. The molecule has 0 unspecified atom stereocenters. The number of nitrogen functional groups attached to an aromatic ring is 1. The molecule has 2 aromatic heterocycles. The second-order valence-electron chi connectivity index (χ2n) is 5.44. The molecular weight excluding hydrogens is 296 g/mol. The van der Waals surface area contributed by atoms with Crippen molar-refractivity contribution in [2.75, 3.05) is 55.3 Å². The predicted octanol–water partition coefficient (Wildman–Crippen LogP) is 0.378. The predicted molar refractivity (Wildman–Crippen MR) is 88.2 cm³/mol. The van der Waals surface area contributed by atoms with Crippen LogP contribution in [0.2, 0.25) is 0 Å². The fourth-order valence-corrected chi connectivity index (χ4v) is 2.69. The number of piperazine rings is 1. The first kappa shape index (κ1) is 15.6. The molecule has 4 N–H and O–H groups in total. The SMILES string of the molecule is Nc1c(NCc2ccco2)ncnc1N1CCN(CCO)CC1. The molecule has 0 aromatic carbocycles. The Labute approximate surface area is 134 Å². The maximum absolute atomic E-state index is 9.01. The zero-order chi connectivity index (χ0) is 16.1. The number of hydrogen-bond acceptors (Lipinski definition) is 8. The summed E-state index contributed by atoms with van der Waals surface area (Å²) in [7, 11) is 0. The van der Waals surface area contributed by atoms with Gasteiger partial charge in [0.2, 0.25) is 0 Å². The highest BCUT2D eigenvalue weighted by molar-refractivity contribution is 5.74. The molecule has 124 valence electrons. The van der Waals surface area contributed by atoms with E-state index in [9.17, 15) is 0 Å². The quantitative estimate of drug-likeness (QED) is 0.702. The summed E-state index contributed by atoms with van der Waals surface area (Å²) in [5.41, 5.74) is 6.78. The van der Waals surface area contributed by atoms with Gasteiger partial charge in [0, 0.05) is 32.7 Å². The summed E-state index contributed by atoms with van der Waals surface area (Å²) in [6, 6.07) is 3.74. The molecule has 0 amide bonds. The molecule has 2 aromatic rings. The minimum atomic E-state index is 0.191. The summed E-state index contributed by atoms with van der Waals surface area (Å²) in [6.45, 7) is 4.87. The Morgan fingerprint density at radius 3 is 2.78 bits per heavy atom. The lowest BCUT2D eigenvalue weighted by molar-refractivity contribution is 0.188. The Bertz CT molecular complexity index is 610. The van der Waals surface area contributed by atoms with Crippen molar-refractivity contribution in [3.8, 4) is 0 Å². The van der Waals surface area contributed by atoms with Crippen molar-refractivity contribution < 1.29 is 9.52 Å². The largest absolute Gasteiger partial charge is 0.467 e. The van der Waals surface area contributed by atoms with Crippen molar-refractivity contribution >= 4 is 17.3 Å². The topological polar surface area (TPSA) is 104 Å². The number of nitrogens with zero attached hydrogens (tertiary/aromatic N) is 4. The lowest BCUT2D eigenvalue weighted by Crippen LogP contribution is -2.47. The fraction of sp³-hybridized carbons (Fsp3) is 0.467. The van der Waals surface area contributed by atoms with Gasteiger partial charge in [0.15, 0.2) is 11.6 Å². The Morgan fingerprint density at radius 1 is 1.26 bits per heavy atom. The second-order valence-corrected chi connectivity index (χ2v) is 5.44. The Morgan fingerprint density at radius 2 is 2.09 bits per heavy atom. The third-order valence-electron chi connectivity index (χ3n) is 3.96. The standard InChI is InChI=1S/C15H22N6O2/c16-13-14(17-10-12-2-1-9-23-12)18-11-19-15(13)21-5-3-20(4-6-21)7-8-22/h1-2,9,11,22H,3-8,10,16H2,(H,17,18,19). The molecule has 3 heterocycles. The summed E-state index contributed by atoms with van der Waals surface area (Å²) in [6.07, 6.45) is 3.16. The summed E-state index contributed by atoms with van der Waals surface area (Å²) in [5.74, 6) is 2.19. The number of hydrogen-bond donors (Lipinski definition) is 3. The van der Waals surface area contributed by atoms with Crippen molar-refractivity contribution in [2.45, 2.75) is 6.54 Å². The number of anilines is 3. The number of furan rings is 1. The first-order chi connectivity index (χ1) is 11.3. The van der Waals surface area contributed by atoms with Gasteiger partial charge in [-0.2, -0.15) is 0 Å². The molecule has 0 aliphatic carbocycles. The van der Waals surface area contributed by atoms with E-state index < -0.39 is 0 Å². The van der Waals surface area contributed by atoms with Gasteiger partial charge in [0.1, 0.15) is 17.8 Å². The molecule has 23 heavy (non-hydrogen) atoms. The minimum Gasteiger partial charge on any atom is -0.467 e. The highest BCUT2D eigenvalue weighted by atomic mass is 16.3. The van der Waals surface area contributed by atoms with Crippen LogP contribution in [0.5, 0.6) is 0 Å². The fourth-order valence-electron chi connectivity index (χ4n) is 2.69. The van der Waals surface area contributed by atoms with Crippen molar-refractivity contribution in [1.29, 1.82) is 0 Å². The number of aliphatic hydroxyl groups excluding tert-OH is 1. The van der Waals surface area contributed by atoms with Crippen molar-refractivity contribution in [3.05, 3.63) is 30.5 Å². The maximum Gasteiger partial charge on any atom is 0.157 e. The lowest BCUT2D eigenvalue weighted by atomic mass is 10.3. The number of rotatable bonds is 6. The van der Waals surface area contributed by atoms with Crippen LogP contribution in [0.1, 0.15) is 5.76 Å². The van der Waals surface area contributed by atoms with Crippen molar-refractivity contribution in [2.24, 2.45) is 0 Å². The van der Waals surface area contributed by atoms with Gasteiger partial charge in [-0.25, -0.2) is 9.97 Å². The highest BCUT2D eigenvalue weighted by Crippen LogP contribution is 2.27. The van der Waals surface area contributed by atoms with E-state index >= 15 is 0 Å². The number of β-amino-alcohol motifs (C(OH)–C–C–N with tert-alkyl or cyclic N) is 1. The summed E-state index contributed by atoms with van der Waals surface area (Å²) in [4.78, 5) is 12.9. The summed E-state index contributed by atoms with van der Waals surface area (Å²) in [5, 5.41) is 12.2. The second kappa shape index (κ2) is 7.30. The van der Waals surface area contributed by atoms with Gasteiger partial charge in [-0.3, -0.25) is 4.90 Å². The number of nitrogens with one attached hydrogen (secondary N) is 1. The maximum atomic E-state index is 9.01. The van der Waals surface area contributed by atoms with Gasteiger partial charge in [-0.05, 0) is 12.1 Å². The molecule has 0 saturated carbocycles. The van der Waals surface area contributed by atoms with Gasteiger partial charge < -0.3 is 25.5 Å². The normalized spacial score (nSPS) is 15.8. The number of aromatic nitrogens is 2. The molecule has 8 heteroatoms. The van der Waals surface area contributed by atoms with Crippen molar-refractivity contribution in [1.82, 2.24) is 14.9 Å². The smallest absolute Gasteiger partial charge is 0.157 e. The number of nitrogens with two attached hydrogens (primary N) is 1. The van der Waals surface area contributed by atoms with E-state index in [0.717, 1.165) is 37.8 Å². The Hall–Kier alpha value is -2.32. The van der Waals surface area contributed by atoms with Crippen LogP contribution in [0.25, 0.3) is 0 Å². The Kier molecular flexibility index (Phi) is 4.94. The molecule has 0 atom stereocenters. The average Bonchev–Trinajstić information content (AvgIpc) is 3.09. The van der Waals surface area contributed by atoms with Crippen LogP contribution in [0.3, 0.4) is 0 Å². The minimum absolute atomic E-state index is 0.191. The summed E-state index contributed by atoms with van der Waals surface area (Å²) >= 11 is 0. The molecule has 0 radical (unpaired) electrons. The molecule has 3 rings (SSSR count). The van der Waals surface area contributed by atoms with E-state index in [2.05, 4.69) is 25.1 Å². The van der Waals surface area contributed by atoms with Crippen LogP contribution in [0.15, 0.2) is 29.1 Å². The first-order valence-corrected chi connectivity index (χ1v) is 7.73. The first-order valence-electron chi connectivity index (χ1n) is 7.73. The van der Waals surface area contributed by atoms with Crippen LogP contribution in [-0.2, 0) is 6.54 Å². The van der Waals surface area contributed by atoms with Gasteiger partial charge in [-0.15, -0.1) is 0 Å². The molecule has 1 fully saturated rings. The number of aliphatic hydroxyl groups is 1. The van der Waals surface area contributed by atoms with E-state index in [1.165, 1.54) is 6.33 Å². The van der Waals surface area contributed by atoms with Crippen LogP contribution in [-0.4, -0.2) is 59.3 Å². The third kappa shape index (κ3) is 3.72. The average molecular weight is 318 g/mol. The zero-order valence-electron chi connectivity index (χ0n) is 13.0. The van der Waals surface area contributed by atoms with E-state index in [-0.39, 0.29) is 6.61 Å². The van der Waals surface area contributed by atoms with Crippen LogP contribution in [0.4, 0.5) is 17.3 Å². The Balaban J connectivity index is 1.65. The van der Waals surface area contributed by atoms with E-state index in [1.807, 2.05) is 12.1 Å². The highest BCUT2D eigenvalue weighted by Gasteiger charge is 2.20. The van der Waals surface area contributed by atoms with Gasteiger partial charge in [0.05, 0.1) is 19.4 Å². The molecule has 0 bridgehead atoms. The summed E-state index contributed by atoms with van der Waals surface area (Å²) < 4.78 is 5.29. The van der Waals surface area contributed by atoms with E-state index in [4.69, 9.17) is 15.3 Å². The molecule has 1 aliphatic heterocycles. The van der Waals surface area contributed by atoms with Gasteiger partial charge >= 0.3 is 0 Å². The van der Waals surface area contributed by atoms with Crippen LogP contribution >= 0.6 is 0 Å². The third-order valence-corrected chi connectivity index (χ3v) is 3.96. The lowest BCUT2D eigenvalue weighted by Gasteiger charge is -2.35. The molecule has 1 aliphatic rings. The van der Waals surface area contributed by atoms with E-state index in [1.54, 1.807) is 6.26 Å². The van der Waals surface area contributed by atoms with Crippen LogP contribution < -0.4 is 16.0 Å².